The minimum Gasteiger partial charge on any atom is -0.312 e. The quantitative estimate of drug-likeness (QED) is 0.566. The van der Waals surface area contributed by atoms with Gasteiger partial charge in [0.2, 0.25) is 0 Å². The molecular formula is C16H21FN2S2. The number of benzene rings is 1. The first-order valence-electron chi connectivity index (χ1n) is 7.30. The standard InChI is InChI=1S/C16H21FN2S2/c1-3-9-18-10-15-13(4-2)19-16(21-15)11-20-14-8-6-5-7-12(14)17/h5-8,18H,3-4,9-11H2,1-2H3. The molecule has 0 spiro atoms. The predicted octanol–water partition coefficient (Wildman–Crippen LogP) is 4.64. The van der Waals surface area contributed by atoms with Gasteiger partial charge in [-0.15, -0.1) is 23.1 Å². The molecule has 0 fully saturated rings. The van der Waals surface area contributed by atoms with Crippen molar-refractivity contribution in [1.29, 1.82) is 0 Å². The molecular weight excluding hydrogens is 303 g/mol. The van der Waals surface area contributed by atoms with Gasteiger partial charge in [-0.1, -0.05) is 26.0 Å². The summed E-state index contributed by atoms with van der Waals surface area (Å²) in [5.41, 5.74) is 1.17. The van der Waals surface area contributed by atoms with Crippen molar-refractivity contribution in [3.63, 3.8) is 0 Å². The summed E-state index contributed by atoms with van der Waals surface area (Å²) in [4.78, 5) is 6.69. The molecule has 0 unspecified atom stereocenters. The summed E-state index contributed by atoms with van der Waals surface area (Å²) >= 11 is 3.26. The Bertz CT molecular complexity index is 569. The topological polar surface area (TPSA) is 24.9 Å². The highest BCUT2D eigenvalue weighted by atomic mass is 32.2. The highest BCUT2D eigenvalue weighted by molar-refractivity contribution is 7.98. The van der Waals surface area contributed by atoms with E-state index in [9.17, 15) is 4.39 Å². The van der Waals surface area contributed by atoms with E-state index in [4.69, 9.17) is 0 Å². The molecule has 1 N–H and O–H groups in total. The van der Waals surface area contributed by atoms with Crippen LogP contribution in [0, 0.1) is 5.82 Å². The van der Waals surface area contributed by atoms with Crippen LogP contribution in [0.1, 0.15) is 35.8 Å². The van der Waals surface area contributed by atoms with Crippen molar-refractivity contribution in [3.8, 4) is 0 Å². The van der Waals surface area contributed by atoms with E-state index in [-0.39, 0.29) is 5.82 Å². The average Bonchev–Trinajstić information content (AvgIpc) is 2.89. The van der Waals surface area contributed by atoms with Crippen LogP contribution in [0.25, 0.3) is 0 Å². The zero-order chi connectivity index (χ0) is 15.1. The lowest BCUT2D eigenvalue weighted by molar-refractivity contribution is 0.602. The molecule has 1 heterocycles. The average molecular weight is 324 g/mol. The molecule has 114 valence electrons. The third-order valence-electron chi connectivity index (χ3n) is 3.06. The van der Waals surface area contributed by atoms with Crippen LogP contribution in [0.4, 0.5) is 4.39 Å². The summed E-state index contributed by atoms with van der Waals surface area (Å²) in [6, 6.07) is 6.90. The third kappa shape index (κ3) is 4.80. The number of thioether (sulfide) groups is 1. The third-order valence-corrected chi connectivity index (χ3v) is 5.40. The van der Waals surface area contributed by atoms with Crippen molar-refractivity contribution in [2.75, 3.05) is 6.54 Å². The molecule has 0 saturated heterocycles. The van der Waals surface area contributed by atoms with E-state index in [0.29, 0.717) is 4.90 Å². The van der Waals surface area contributed by atoms with Crippen molar-refractivity contribution in [3.05, 3.63) is 45.7 Å². The van der Waals surface area contributed by atoms with Crippen molar-refractivity contribution in [2.45, 2.75) is 43.9 Å². The zero-order valence-corrected chi connectivity index (χ0v) is 14.1. The van der Waals surface area contributed by atoms with Gasteiger partial charge in [0.1, 0.15) is 10.8 Å². The highest BCUT2D eigenvalue weighted by Gasteiger charge is 2.10. The SMILES string of the molecule is CCCNCc1sc(CSc2ccccc2F)nc1CC. The minimum atomic E-state index is -0.153. The number of rotatable bonds is 8. The van der Waals surface area contributed by atoms with Crippen molar-refractivity contribution < 1.29 is 4.39 Å². The van der Waals surface area contributed by atoms with Gasteiger partial charge in [0.05, 0.1) is 11.4 Å². The molecule has 0 aliphatic carbocycles. The summed E-state index contributed by atoms with van der Waals surface area (Å²) in [5.74, 6) is 0.575. The maximum absolute atomic E-state index is 13.6. The van der Waals surface area contributed by atoms with Crippen LogP contribution in [0.2, 0.25) is 0 Å². The summed E-state index contributed by atoms with van der Waals surface area (Å²) in [6.45, 7) is 6.21. The second kappa shape index (κ2) is 8.51. The number of halogens is 1. The number of nitrogens with zero attached hydrogens (tertiary/aromatic N) is 1. The molecule has 0 aliphatic heterocycles. The first kappa shape index (κ1) is 16.5. The second-order valence-corrected chi connectivity index (χ2v) is 6.91. The molecule has 21 heavy (non-hydrogen) atoms. The van der Waals surface area contributed by atoms with Gasteiger partial charge < -0.3 is 5.32 Å². The highest BCUT2D eigenvalue weighted by Crippen LogP contribution is 2.28. The van der Waals surface area contributed by atoms with Gasteiger partial charge in [0.25, 0.3) is 0 Å². The molecule has 0 saturated carbocycles. The summed E-state index contributed by atoms with van der Waals surface area (Å²) < 4.78 is 13.6. The van der Waals surface area contributed by atoms with Gasteiger partial charge in [-0.05, 0) is 31.5 Å². The Morgan fingerprint density at radius 1 is 1.29 bits per heavy atom. The van der Waals surface area contributed by atoms with Crippen LogP contribution >= 0.6 is 23.1 Å². The van der Waals surface area contributed by atoms with Gasteiger partial charge in [-0.3, -0.25) is 0 Å². The lowest BCUT2D eigenvalue weighted by atomic mass is 10.3. The lowest BCUT2D eigenvalue weighted by Gasteiger charge is -2.01. The van der Waals surface area contributed by atoms with Crippen molar-refractivity contribution >= 4 is 23.1 Å². The normalized spacial score (nSPS) is 11.0. The Labute approximate surface area is 134 Å². The minimum absolute atomic E-state index is 0.153. The molecule has 1 aromatic carbocycles. The van der Waals surface area contributed by atoms with E-state index in [2.05, 4.69) is 24.1 Å². The lowest BCUT2D eigenvalue weighted by Crippen LogP contribution is -2.13. The first-order chi connectivity index (χ1) is 10.2. The maximum atomic E-state index is 13.6. The van der Waals surface area contributed by atoms with Crippen LogP contribution in [0.3, 0.4) is 0 Å². The van der Waals surface area contributed by atoms with E-state index in [1.54, 1.807) is 17.4 Å². The Morgan fingerprint density at radius 2 is 2.10 bits per heavy atom. The monoisotopic (exact) mass is 324 g/mol. The van der Waals surface area contributed by atoms with Gasteiger partial charge in [0.15, 0.2) is 0 Å². The van der Waals surface area contributed by atoms with Crippen LogP contribution in [0.5, 0.6) is 0 Å². The Hall–Kier alpha value is -0.910. The fourth-order valence-electron chi connectivity index (χ4n) is 1.99. The molecule has 0 atom stereocenters. The van der Waals surface area contributed by atoms with E-state index >= 15 is 0 Å². The largest absolute Gasteiger partial charge is 0.312 e. The Kier molecular flexibility index (Phi) is 6.67. The van der Waals surface area contributed by atoms with E-state index in [0.717, 1.165) is 36.7 Å². The van der Waals surface area contributed by atoms with Gasteiger partial charge >= 0.3 is 0 Å². The fraction of sp³-hybridized carbons (Fsp3) is 0.438. The second-order valence-electron chi connectivity index (χ2n) is 4.73. The van der Waals surface area contributed by atoms with Gasteiger partial charge in [-0.2, -0.15) is 0 Å². The molecule has 0 aliphatic rings. The number of hydrogen-bond donors (Lipinski definition) is 1. The summed E-state index contributed by atoms with van der Waals surface area (Å²) in [5, 5.41) is 4.50. The molecule has 2 aromatic rings. The molecule has 0 amide bonds. The van der Waals surface area contributed by atoms with Gasteiger partial charge in [-0.25, -0.2) is 9.37 Å². The Balaban J connectivity index is 1.98. The summed E-state index contributed by atoms with van der Waals surface area (Å²) in [6.07, 6.45) is 2.08. The van der Waals surface area contributed by atoms with E-state index < -0.39 is 0 Å². The fourth-order valence-corrected chi connectivity index (χ4v) is 4.05. The van der Waals surface area contributed by atoms with Gasteiger partial charge in [0, 0.05) is 16.3 Å². The predicted molar refractivity (Wildman–Crippen MR) is 89.5 cm³/mol. The maximum Gasteiger partial charge on any atom is 0.136 e. The molecule has 0 radical (unpaired) electrons. The Morgan fingerprint density at radius 3 is 2.81 bits per heavy atom. The smallest absolute Gasteiger partial charge is 0.136 e. The molecule has 5 heteroatoms. The molecule has 0 bridgehead atoms. The molecule has 1 aromatic heterocycles. The van der Waals surface area contributed by atoms with E-state index in [1.165, 1.54) is 28.4 Å². The van der Waals surface area contributed by atoms with Crippen LogP contribution in [-0.2, 0) is 18.7 Å². The van der Waals surface area contributed by atoms with Crippen molar-refractivity contribution in [2.24, 2.45) is 0 Å². The number of hydrogen-bond acceptors (Lipinski definition) is 4. The first-order valence-corrected chi connectivity index (χ1v) is 9.10. The number of thiazole rings is 1. The van der Waals surface area contributed by atoms with E-state index in [1.807, 2.05) is 12.1 Å². The van der Waals surface area contributed by atoms with Crippen molar-refractivity contribution in [1.82, 2.24) is 10.3 Å². The number of aromatic nitrogens is 1. The number of aryl methyl sites for hydroxylation is 1. The zero-order valence-electron chi connectivity index (χ0n) is 12.5. The van der Waals surface area contributed by atoms with Crippen LogP contribution in [0.15, 0.2) is 29.2 Å². The number of nitrogens with one attached hydrogen (secondary N) is 1. The molecule has 2 nitrogen and oxygen atoms in total. The van der Waals surface area contributed by atoms with Crippen LogP contribution in [-0.4, -0.2) is 11.5 Å². The van der Waals surface area contributed by atoms with Crippen LogP contribution < -0.4 is 5.32 Å². The summed E-state index contributed by atoms with van der Waals surface area (Å²) in [7, 11) is 0. The molecule has 2 rings (SSSR count).